The van der Waals surface area contributed by atoms with Crippen LogP contribution in [0.5, 0.6) is 0 Å². The number of hydrogen-bond donors (Lipinski definition) is 0. The van der Waals surface area contributed by atoms with Crippen LogP contribution in [0.1, 0.15) is 40.3 Å². The Hall–Kier alpha value is -3.21. The molecule has 0 saturated carbocycles. The van der Waals surface area contributed by atoms with E-state index in [4.69, 9.17) is 0 Å². The van der Waals surface area contributed by atoms with Crippen molar-refractivity contribution in [2.75, 3.05) is 0 Å². The van der Waals surface area contributed by atoms with Crippen LogP contribution in [0, 0.1) is 13.8 Å². The Labute approximate surface area is 198 Å². The highest BCUT2D eigenvalue weighted by atomic mass is 31.1. The number of hydrogen-bond acceptors (Lipinski definition) is 0. The first-order valence-electron chi connectivity index (χ1n) is 11.6. The first kappa shape index (κ1) is 20.4. The topological polar surface area (TPSA) is 0 Å². The second-order valence-electron chi connectivity index (χ2n) is 9.14. The van der Waals surface area contributed by atoms with Gasteiger partial charge in [0.15, 0.2) is 0 Å². The lowest BCUT2D eigenvalue weighted by molar-refractivity contribution is 0.762. The van der Waals surface area contributed by atoms with Gasteiger partial charge in [-0.15, -0.1) is 0 Å². The number of allylic oxidation sites excluding steroid dienone is 2. The molecule has 4 aromatic rings. The number of aryl methyl sites for hydroxylation is 1. The molecule has 0 amide bonds. The van der Waals surface area contributed by atoms with Gasteiger partial charge in [-0.3, -0.25) is 0 Å². The van der Waals surface area contributed by atoms with Gasteiger partial charge >= 0.3 is 0 Å². The molecule has 3 aliphatic rings. The summed E-state index contributed by atoms with van der Waals surface area (Å²) in [6.45, 7) is 6.91. The molecule has 33 heavy (non-hydrogen) atoms. The Kier molecular flexibility index (Phi) is 4.75. The molecule has 1 heteroatoms. The van der Waals surface area contributed by atoms with E-state index in [1.165, 1.54) is 54.9 Å². The van der Waals surface area contributed by atoms with E-state index in [0.29, 0.717) is 0 Å². The van der Waals surface area contributed by atoms with Gasteiger partial charge in [0.05, 0.1) is 5.41 Å². The van der Waals surface area contributed by atoms with Gasteiger partial charge in [0.25, 0.3) is 0 Å². The van der Waals surface area contributed by atoms with Crippen LogP contribution in [0.3, 0.4) is 0 Å². The van der Waals surface area contributed by atoms with Crippen molar-refractivity contribution in [3.8, 4) is 0 Å². The zero-order valence-corrected chi connectivity index (χ0v) is 20.2. The highest BCUT2D eigenvalue weighted by Gasteiger charge is 2.49. The third kappa shape index (κ3) is 2.87. The van der Waals surface area contributed by atoms with E-state index in [-0.39, 0.29) is 5.41 Å². The summed E-state index contributed by atoms with van der Waals surface area (Å²) in [5.74, 6) is 0. The van der Waals surface area contributed by atoms with Crippen molar-refractivity contribution in [2.45, 2.75) is 26.2 Å². The van der Waals surface area contributed by atoms with Crippen molar-refractivity contribution in [1.29, 1.82) is 0 Å². The van der Waals surface area contributed by atoms with Crippen LogP contribution in [0.25, 0.3) is 10.6 Å². The highest BCUT2D eigenvalue weighted by molar-refractivity contribution is 7.85. The van der Waals surface area contributed by atoms with E-state index in [2.05, 4.69) is 130 Å². The maximum absolute atomic E-state index is 2.59. The minimum Gasteiger partial charge on any atom is -0.0622 e. The minimum atomic E-state index is -0.648. The third-order valence-corrected chi connectivity index (χ3v) is 10.3. The molecule has 0 saturated heterocycles. The molecule has 2 atom stereocenters. The largest absolute Gasteiger partial charge is 0.0622 e. The zero-order chi connectivity index (χ0) is 22.6. The van der Waals surface area contributed by atoms with Crippen LogP contribution in [0.4, 0.5) is 0 Å². The van der Waals surface area contributed by atoms with E-state index in [9.17, 15) is 0 Å². The van der Waals surface area contributed by atoms with Crippen LogP contribution in [-0.2, 0) is 5.41 Å². The first-order chi connectivity index (χ1) is 16.1. The maximum atomic E-state index is 2.59. The fourth-order valence-corrected chi connectivity index (χ4v) is 8.89. The van der Waals surface area contributed by atoms with E-state index < -0.39 is 7.92 Å². The molecule has 0 radical (unpaired) electrons. The summed E-state index contributed by atoms with van der Waals surface area (Å²) in [6, 6.07) is 38.1. The van der Waals surface area contributed by atoms with Crippen molar-refractivity contribution in [2.24, 2.45) is 0 Å². The molecule has 0 N–H and O–H groups in total. The maximum Gasteiger partial charge on any atom is 0.0614 e. The second-order valence-corrected chi connectivity index (χ2v) is 11.2. The summed E-state index contributed by atoms with van der Waals surface area (Å²) < 4.78 is 0. The quantitative estimate of drug-likeness (QED) is 0.281. The Morgan fingerprint density at radius 3 is 2.06 bits per heavy atom. The lowest BCUT2D eigenvalue weighted by atomic mass is 9.67. The molecule has 3 heterocycles. The summed E-state index contributed by atoms with van der Waals surface area (Å²) in [5, 5.41) is 4.52. The Bertz CT molecular complexity index is 1430. The molecular weight excluding hydrogens is 415 g/mol. The van der Waals surface area contributed by atoms with Crippen molar-refractivity contribution < 1.29 is 0 Å². The van der Waals surface area contributed by atoms with Crippen molar-refractivity contribution in [3.05, 3.63) is 148 Å². The molecular formula is C32H27P. The second kappa shape index (κ2) is 7.68. The van der Waals surface area contributed by atoms with Crippen molar-refractivity contribution in [3.63, 3.8) is 0 Å². The molecule has 0 aliphatic carbocycles. The molecule has 7 rings (SSSR count). The summed E-state index contributed by atoms with van der Waals surface area (Å²) in [7, 11) is -0.648. The predicted molar refractivity (Wildman–Crippen MR) is 143 cm³/mol. The van der Waals surface area contributed by atoms with Gasteiger partial charge in [-0.25, -0.2) is 0 Å². The van der Waals surface area contributed by atoms with E-state index in [0.717, 1.165) is 0 Å². The van der Waals surface area contributed by atoms with Crippen LogP contribution < -0.4 is 5.30 Å². The van der Waals surface area contributed by atoms with E-state index >= 15 is 0 Å². The van der Waals surface area contributed by atoms with E-state index in [1.807, 2.05) is 0 Å². The fraction of sp³-hybridized carbons (Fsp3) is 0.125. The van der Waals surface area contributed by atoms with Gasteiger partial charge in [0, 0.05) is 0 Å². The molecule has 3 aliphatic heterocycles. The number of rotatable bonds is 3. The summed E-state index contributed by atoms with van der Waals surface area (Å²) >= 11 is 0. The molecule has 0 aromatic heterocycles. The molecule has 0 fully saturated rings. The summed E-state index contributed by atoms with van der Waals surface area (Å²) in [4.78, 5) is 0. The van der Waals surface area contributed by atoms with Crippen LogP contribution in [-0.4, -0.2) is 0 Å². The third-order valence-electron chi connectivity index (χ3n) is 7.49. The summed E-state index contributed by atoms with van der Waals surface area (Å²) in [5.41, 5.74) is 9.53. The van der Waals surface area contributed by atoms with Crippen molar-refractivity contribution >= 4 is 23.9 Å². The average Bonchev–Trinajstić information content (AvgIpc) is 2.87. The molecule has 2 bridgehead atoms. The van der Waals surface area contributed by atoms with Crippen LogP contribution in [0.15, 0.2) is 115 Å². The van der Waals surface area contributed by atoms with Gasteiger partial charge in [-0.2, -0.15) is 0 Å². The lowest BCUT2D eigenvalue weighted by Crippen LogP contribution is -2.39. The van der Waals surface area contributed by atoms with E-state index in [1.54, 1.807) is 0 Å². The average molecular weight is 443 g/mol. The zero-order valence-electron chi connectivity index (χ0n) is 19.3. The smallest absolute Gasteiger partial charge is 0.0614 e. The normalized spacial score (nSPS) is 21.1. The monoisotopic (exact) mass is 442 g/mol. The minimum absolute atomic E-state index is 0.258. The Morgan fingerprint density at radius 2 is 1.30 bits per heavy atom. The predicted octanol–water partition coefficient (Wildman–Crippen LogP) is 8.20. The molecule has 160 valence electrons. The van der Waals surface area contributed by atoms with Gasteiger partial charge in [0.2, 0.25) is 0 Å². The van der Waals surface area contributed by atoms with Crippen LogP contribution in [0.2, 0.25) is 0 Å². The van der Waals surface area contributed by atoms with Gasteiger partial charge in [-0.05, 0) is 83.6 Å². The molecule has 0 nitrogen and oxygen atoms in total. The molecule has 1 unspecified atom stereocenters. The molecule has 4 aromatic carbocycles. The Morgan fingerprint density at radius 1 is 0.636 bits per heavy atom. The van der Waals surface area contributed by atoms with Crippen LogP contribution >= 0.6 is 7.92 Å². The standard InChI is InChI=1S/C32H27P/c1-22-13-12-18-27(23(22)2)31-24(3)32(26-16-8-5-9-17-26)21-30(25-14-6-4-7-15-25)33(31)29-20-11-10-19-28(29)32/h4-21H,1-3H3/t32-,33?/m0/s1. The lowest BCUT2D eigenvalue weighted by Gasteiger charge is -2.49. The fourth-order valence-electron chi connectivity index (χ4n) is 5.69. The van der Waals surface area contributed by atoms with Gasteiger partial charge in [-0.1, -0.05) is 109 Å². The molecule has 0 spiro atoms. The van der Waals surface area contributed by atoms with Gasteiger partial charge in [0.1, 0.15) is 0 Å². The first-order valence-corrected chi connectivity index (χ1v) is 13.0. The van der Waals surface area contributed by atoms with Crippen molar-refractivity contribution in [1.82, 2.24) is 0 Å². The summed E-state index contributed by atoms with van der Waals surface area (Å²) in [6.07, 6.45) is 2.59. The SMILES string of the molecule is CC1=C(c2cccc(C)c2C)P2C(c3ccccc3)=C[C@]1(c1ccccc1)c1ccccc12. The highest BCUT2D eigenvalue weighted by Crippen LogP contribution is 2.72. The van der Waals surface area contributed by atoms with Gasteiger partial charge < -0.3 is 0 Å². The Balaban J connectivity index is 1.76. The number of benzene rings is 4.